The SMILES string of the molecule is CC(C)CCCOCCOCCNC(C)(C)C(C)C. The lowest BCUT2D eigenvalue weighted by Gasteiger charge is -2.30. The van der Waals surface area contributed by atoms with Gasteiger partial charge in [0.2, 0.25) is 0 Å². The van der Waals surface area contributed by atoms with Crippen LogP contribution in [0.5, 0.6) is 0 Å². The van der Waals surface area contributed by atoms with Crippen LogP contribution in [0.15, 0.2) is 0 Å². The lowest BCUT2D eigenvalue weighted by Crippen LogP contribution is -2.45. The highest BCUT2D eigenvalue weighted by molar-refractivity contribution is 4.80. The Morgan fingerprint density at radius 1 is 0.895 bits per heavy atom. The zero-order valence-corrected chi connectivity index (χ0v) is 13.9. The molecule has 0 fully saturated rings. The van der Waals surface area contributed by atoms with Crippen molar-refractivity contribution in [2.45, 2.75) is 59.9 Å². The predicted molar refractivity (Wildman–Crippen MR) is 82.6 cm³/mol. The van der Waals surface area contributed by atoms with Gasteiger partial charge in [0.05, 0.1) is 19.8 Å². The Balaban J connectivity index is 3.24. The summed E-state index contributed by atoms with van der Waals surface area (Å²) in [5, 5.41) is 3.52. The summed E-state index contributed by atoms with van der Waals surface area (Å²) in [6.07, 6.45) is 2.40. The van der Waals surface area contributed by atoms with Gasteiger partial charge in [-0.1, -0.05) is 27.7 Å². The van der Waals surface area contributed by atoms with Gasteiger partial charge in [-0.3, -0.25) is 0 Å². The van der Waals surface area contributed by atoms with Crippen molar-refractivity contribution < 1.29 is 9.47 Å². The molecule has 0 aliphatic heterocycles. The van der Waals surface area contributed by atoms with Gasteiger partial charge in [-0.25, -0.2) is 0 Å². The van der Waals surface area contributed by atoms with Crippen molar-refractivity contribution in [3.8, 4) is 0 Å². The maximum absolute atomic E-state index is 5.55. The summed E-state index contributed by atoms with van der Waals surface area (Å²) in [6, 6.07) is 0. The molecule has 0 aromatic heterocycles. The second-order valence-corrected chi connectivity index (χ2v) is 6.56. The second-order valence-electron chi connectivity index (χ2n) is 6.56. The molecule has 0 radical (unpaired) electrons. The Morgan fingerprint density at radius 2 is 1.47 bits per heavy atom. The summed E-state index contributed by atoms with van der Waals surface area (Å²) in [7, 11) is 0. The normalized spacial score (nSPS) is 12.6. The van der Waals surface area contributed by atoms with Gasteiger partial charge < -0.3 is 14.8 Å². The summed E-state index contributed by atoms with van der Waals surface area (Å²) in [6.45, 7) is 17.4. The summed E-state index contributed by atoms with van der Waals surface area (Å²) in [4.78, 5) is 0. The van der Waals surface area contributed by atoms with Gasteiger partial charge in [0.25, 0.3) is 0 Å². The van der Waals surface area contributed by atoms with Crippen molar-refractivity contribution in [3.05, 3.63) is 0 Å². The van der Waals surface area contributed by atoms with E-state index in [1.54, 1.807) is 0 Å². The summed E-state index contributed by atoms with van der Waals surface area (Å²) < 4.78 is 11.1. The fraction of sp³-hybridized carbons (Fsp3) is 1.00. The van der Waals surface area contributed by atoms with Crippen LogP contribution in [0.2, 0.25) is 0 Å². The maximum atomic E-state index is 5.55. The first-order chi connectivity index (χ1) is 8.86. The minimum absolute atomic E-state index is 0.177. The number of nitrogens with one attached hydrogen (secondary N) is 1. The molecule has 0 rings (SSSR count). The molecule has 0 bridgehead atoms. The Kier molecular flexibility index (Phi) is 10.6. The highest BCUT2D eigenvalue weighted by atomic mass is 16.5. The van der Waals surface area contributed by atoms with Crippen LogP contribution in [0.3, 0.4) is 0 Å². The molecule has 0 aromatic rings. The molecule has 0 saturated carbocycles. The minimum Gasteiger partial charge on any atom is -0.379 e. The monoisotopic (exact) mass is 273 g/mol. The fourth-order valence-electron chi connectivity index (χ4n) is 1.57. The molecule has 0 atom stereocenters. The van der Waals surface area contributed by atoms with Gasteiger partial charge in [-0.05, 0) is 38.5 Å². The Bertz CT molecular complexity index is 203. The van der Waals surface area contributed by atoms with Crippen LogP contribution in [0.25, 0.3) is 0 Å². The molecular formula is C16H35NO2. The van der Waals surface area contributed by atoms with E-state index < -0.39 is 0 Å². The number of hydrogen-bond donors (Lipinski definition) is 1. The average molecular weight is 273 g/mol. The van der Waals surface area contributed by atoms with Crippen LogP contribution >= 0.6 is 0 Å². The average Bonchev–Trinajstić information content (AvgIpc) is 2.30. The third-order valence-electron chi connectivity index (χ3n) is 3.71. The molecular weight excluding hydrogens is 238 g/mol. The molecule has 3 nitrogen and oxygen atoms in total. The number of rotatable bonds is 12. The van der Waals surface area contributed by atoms with Gasteiger partial charge in [0.1, 0.15) is 0 Å². The van der Waals surface area contributed by atoms with E-state index in [0.29, 0.717) is 19.1 Å². The van der Waals surface area contributed by atoms with E-state index in [1.807, 2.05) is 0 Å². The van der Waals surface area contributed by atoms with E-state index >= 15 is 0 Å². The summed E-state index contributed by atoms with van der Waals surface area (Å²) >= 11 is 0. The van der Waals surface area contributed by atoms with Crippen LogP contribution in [0, 0.1) is 11.8 Å². The van der Waals surface area contributed by atoms with E-state index in [0.717, 1.165) is 32.1 Å². The van der Waals surface area contributed by atoms with Crippen LogP contribution in [0.4, 0.5) is 0 Å². The molecule has 0 spiro atoms. The van der Waals surface area contributed by atoms with Crippen LogP contribution < -0.4 is 5.32 Å². The van der Waals surface area contributed by atoms with E-state index in [2.05, 4.69) is 46.9 Å². The van der Waals surface area contributed by atoms with E-state index in [9.17, 15) is 0 Å². The molecule has 0 saturated heterocycles. The maximum Gasteiger partial charge on any atom is 0.0701 e. The zero-order valence-electron chi connectivity index (χ0n) is 13.9. The molecule has 0 aliphatic rings. The molecule has 0 amide bonds. The largest absolute Gasteiger partial charge is 0.379 e. The van der Waals surface area contributed by atoms with E-state index in [4.69, 9.17) is 9.47 Å². The number of ether oxygens (including phenoxy) is 2. The quantitative estimate of drug-likeness (QED) is 0.552. The highest BCUT2D eigenvalue weighted by Gasteiger charge is 2.20. The second kappa shape index (κ2) is 10.6. The lowest BCUT2D eigenvalue weighted by molar-refractivity contribution is 0.0444. The van der Waals surface area contributed by atoms with Crippen LogP contribution in [-0.2, 0) is 9.47 Å². The number of hydrogen-bond acceptors (Lipinski definition) is 3. The van der Waals surface area contributed by atoms with E-state index in [-0.39, 0.29) is 5.54 Å². The van der Waals surface area contributed by atoms with Crippen molar-refractivity contribution in [1.29, 1.82) is 0 Å². The first-order valence-corrected chi connectivity index (χ1v) is 7.76. The van der Waals surface area contributed by atoms with Gasteiger partial charge in [0.15, 0.2) is 0 Å². The first kappa shape index (κ1) is 18.9. The molecule has 19 heavy (non-hydrogen) atoms. The zero-order chi connectivity index (χ0) is 14.7. The van der Waals surface area contributed by atoms with Crippen molar-refractivity contribution in [1.82, 2.24) is 5.32 Å². The standard InChI is InChI=1S/C16H35NO2/c1-14(2)8-7-10-18-12-13-19-11-9-17-16(5,6)15(3)4/h14-15,17H,7-13H2,1-6H3. The summed E-state index contributed by atoms with van der Waals surface area (Å²) in [5.41, 5.74) is 0.177. The van der Waals surface area contributed by atoms with Crippen molar-refractivity contribution in [2.24, 2.45) is 11.8 Å². The van der Waals surface area contributed by atoms with Gasteiger partial charge >= 0.3 is 0 Å². The van der Waals surface area contributed by atoms with Crippen LogP contribution in [0.1, 0.15) is 54.4 Å². The Labute approximate surface area is 120 Å². The topological polar surface area (TPSA) is 30.5 Å². The van der Waals surface area contributed by atoms with Crippen LogP contribution in [-0.4, -0.2) is 38.5 Å². The third kappa shape index (κ3) is 11.4. The van der Waals surface area contributed by atoms with Crippen molar-refractivity contribution in [2.75, 3.05) is 33.0 Å². The lowest BCUT2D eigenvalue weighted by atomic mass is 9.91. The Hall–Kier alpha value is -0.120. The molecule has 0 unspecified atom stereocenters. The molecule has 1 N–H and O–H groups in total. The highest BCUT2D eigenvalue weighted by Crippen LogP contribution is 2.14. The van der Waals surface area contributed by atoms with Crippen molar-refractivity contribution >= 4 is 0 Å². The van der Waals surface area contributed by atoms with E-state index in [1.165, 1.54) is 6.42 Å². The molecule has 0 aliphatic carbocycles. The minimum atomic E-state index is 0.177. The first-order valence-electron chi connectivity index (χ1n) is 7.76. The molecule has 0 aromatic carbocycles. The Morgan fingerprint density at radius 3 is 2.00 bits per heavy atom. The smallest absolute Gasteiger partial charge is 0.0701 e. The molecule has 3 heteroatoms. The molecule has 0 heterocycles. The third-order valence-corrected chi connectivity index (χ3v) is 3.71. The van der Waals surface area contributed by atoms with Gasteiger partial charge in [-0.15, -0.1) is 0 Å². The predicted octanol–water partition coefficient (Wildman–Crippen LogP) is 3.48. The van der Waals surface area contributed by atoms with Crippen molar-refractivity contribution in [3.63, 3.8) is 0 Å². The molecule has 116 valence electrons. The summed E-state index contributed by atoms with van der Waals surface area (Å²) in [5.74, 6) is 1.40. The van der Waals surface area contributed by atoms with Gasteiger partial charge in [0, 0.05) is 18.7 Å². The fourth-order valence-corrected chi connectivity index (χ4v) is 1.57. The van der Waals surface area contributed by atoms with Gasteiger partial charge in [-0.2, -0.15) is 0 Å².